The molecule has 1 saturated heterocycles. The Kier molecular flexibility index (Phi) is 4.36. The van der Waals surface area contributed by atoms with Gasteiger partial charge in [0.2, 0.25) is 0 Å². The Bertz CT molecular complexity index is 667. The minimum atomic E-state index is -0.784. The molecule has 0 spiro atoms. The van der Waals surface area contributed by atoms with Gasteiger partial charge in [0.05, 0.1) is 0 Å². The zero-order valence-corrected chi connectivity index (χ0v) is 12.4. The molecule has 2 amide bonds. The molecule has 0 unspecified atom stereocenters. The number of aromatic nitrogens is 1. The van der Waals surface area contributed by atoms with Crippen LogP contribution in [0.25, 0.3) is 0 Å². The highest BCUT2D eigenvalue weighted by molar-refractivity contribution is 5.89. The van der Waals surface area contributed by atoms with Crippen LogP contribution in [-0.2, 0) is 0 Å². The van der Waals surface area contributed by atoms with Crippen molar-refractivity contribution in [3.05, 3.63) is 54.4 Å². The first-order chi connectivity index (χ1) is 11.1. The Morgan fingerprint density at radius 2 is 1.61 bits per heavy atom. The predicted molar refractivity (Wildman–Crippen MR) is 83.4 cm³/mol. The number of carbonyl (C=O) groups is 1. The maximum atomic E-state index is 13.6. The molecule has 0 aliphatic carbocycles. The molecule has 0 radical (unpaired) electrons. The lowest BCUT2D eigenvalue weighted by Crippen LogP contribution is -2.50. The van der Waals surface area contributed by atoms with Crippen molar-refractivity contribution in [3.63, 3.8) is 0 Å². The fourth-order valence-corrected chi connectivity index (χ4v) is 2.53. The van der Waals surface area contributed by atoms with Gasteiger partial charge in [-0.2, -0.15) is 0 Å². The highest BCUT2D eigenvalue weighted by Gasteiger charge is 2.22. The molecule has 2 aromatic rings. The number of urea groups is 1. The van der Waals surface area contributed by atoms with Crippen LogP contribution in [0.2, 0.25) is 0 Å². The molecule has 7 heteroatoms. The number of amides is 2. The van der Waals surface area contributed by atoms with Crippen molar-refractivity contribution in [2.24, 2.45) is 0 Å². The van der Waals surface area contributed by atoms with E-state index in [2.05, 4.69) is 15.2 Å². The summed E-state index contributed by atoms with van der Waals surface area (Å²) in [6.07, 6.45) is 3.44. The Morgan fingerprint density at radius 1 is 1.00 bits per heavy atom. The summed E-state index contributed by atoms with van der Waals surface area (Å²) in [6.45, 7) is 2.25. The first-order valence-electron chi connectivity index (χ1n) is 7.30. The Labute approximate surface area is 132 Å². The molecule has 0 bridgehead atoms. The van der Waals surface area contributed by atoms with Crippen LogP contribution in [0.3, 0.4) is 0 Å². The highest BCUT2D eigenvalue weighted by Crippen LogP contribution is 2.19. The number of nitrogens with one attached hydrogen (secondary N) is 1. The number of carbonyl (C=O) groups excluding carboxylic acids is 1. The first-order valence-corrected chi connectivity index (χ1v) is 7.30. The van der Waals surface area contributed by atoms with Gasteiger partial charge in [0.25, 0.3) is 0 Å². The van der Waals surface area contributed by atoms with Crippen LogP contribution >= 0.6 is 0 Å². The summed E-state index contributed by atoms with van der Waals surface area (Å²) in [6, 6.07) is 6.80. The Morgan fingerprint density at radius 3 is 2.22 bits per heavy atom. The van der Waals surface area contributed by atoms with E-state index < -0.39 is 23.4 Å². The Hall–Kier alpha value is -2.70. The zero-order valence-electron chi connectivity index (χ0n) is 12.4. The minimum absolute atomic E-state index is 0.408. The van der Waals surface area contributed by atoms with Crippen LogP contribution in [-0.4, -0.2) is 42.1 Å². The zero-order chi connectivity index (χ0) is 16.2. The van der Waals surface area contributed by atoms with Gasteiger partial charge in [0.15, 0.2) is 0 Å². The normalized spacial score (nSPS) is 14.7. The summed E-state index contributed by atoms with van der Waals surface area (Å²) >= 11 is 0. The molecule has 1 fully saturated rings. The van der Waals surface area contributed by atoms with Gasteiger partial charge in [-0.15, -0.1) is 0 Å². The number of nitrogens with zero attached hydrogens (tertiary/aromatic N) is 3. The average Bonchev–Trinajstić information content (AvgIpc) is 2.59. The second-order valence-corrected chi connectivity index (χ2v) is 5.21. The van der Waals surface area contributed by atoms with Gasteiger partial charge in [-0.25, -0.2) is 13.6 Å². The molecule has 2 heterocycles. The van der Waals surface area contributed by atoms with E-state index in [4.69, 9.17) is 0 Å². The SMILES string of the molecule is O=C(Nc1c(F)cccc1F)N1CCN(c2ccncc2)CC1. The van der Waals surface area contributed by atoms with E-state index in [-0.39, 0.29) is 0 Å². The summed E-state index contributed by atoms with van der Waals surface area (Å²) < 4.78 is 27.1. The summed E-state index contributed by atoms with van der Waals surface area (Å²) in [7, 11) is 0. The van der Waals surface area contributed by atoms with Crippen molar-refractivity contribution in [1.29, 1.82) is 0 Å². The van der Waals surface area contributed by atoms with Crippen molar-refractivity contribution in [2.45, 2.75) is 0 Å². The summed E-state index contributed by atoms with van der Waals surface area (Å²) in [5, 5.41) is 2.31. The largest absolute Gasteiger partial charge is 0.368 e. The van der Waals surface area contributed by atoms with Gasteiger partial charge < -0.3 is 15.1 Å². The molecule has 120 valence electrons. The quantitative estimate of drug-likeness (QED) is 0.926. The highest BCUT2D eigenvalue weighted by atomic mass is 19.1. The van der Waals surface area contributed by atoms with Gasteiger partial charge in [0, 0.05) is 44.3 Å². The first kappa shape index (κ1) is 15.2. The second-order valence-electron chi connectivity index (χ2n) is 5.21. The fourth-order valence-electron chi connectivity index (χ4n) is 2.53. The van der Waals surface area contributed by atoms with Crippen LogP contribution in [0.1, 0.15) is 0 Å². The molecule has 1 aromatic heterocycles. The predicted octanol–water partition coefficient (Wildman–Crippen LogP) is 2.71. The van der Waals surface area contributed by atoms with E-state index in [9.17, 15) is 13.6 Å². The molecular weight excluding hydrogens is 302 g/mol. The van der Waals surface area contributed by atoms with Crippen LogP contribution in [0.4, 0.5) is 25.0 Å². The van der Waals surface area contributed by atoms with Crippen LogP contribution in [0.5, 0.6) is 0 Å². The van der Waals surface area contributed by atoms with E-state index in [1.807, 2.05) is 12.1 Å². The summed E-state index contributed by atoms with van der Waals surface area (Å²) in [5.41, 5.74) is 0.634. The van der Waals surface area contributed by atoms with Crippen molar-refractivity contribution in [1.82, 2.24) is 9.88 Å². The number of hydrogen-bond acceptors (Lipinski definition) is 3. The standard InChI is InChI=1S/C16H16F2N4O/c17-13-2-1-3-14(18)15(13)20-16(23)22-10-8-21(9-11-22)12-4-6-19-7-5-12/h1-7H,8-11H2,(H,20,23). The number of hydrogen-bond donors (Lipinski definition) is 1. The molecule has 0 saturated carbocycles. The van der Waals surface area contributed by atoms with Gasteiger partial charge in [-0.1, -0.05) is 6.07 Å². The molecule has 5 nitrogen and oxygen atoms in total. The number of halogens is 2. The lowest BCUT2D eigenvalue weighted by Gasteiger charge is -2.36. The van der Waals surface area contributed by atoms with E-state index in [0.717, 1.165) is 17.8 Å². The van der Waals surface area contributed by atoms with Crippen molar-refractivity contribution in [2.75, 3.05) is 36.4 Å². The minimum Gasteiger partial charge on any atom is -0.368 e. The van der Waals surface area contributed by atoms with Crippen molar-refractivity contribution >= 4 is 17.4 Å². The number of benzene rings is 1. The molecule has 1 aromatic carbocycles. The lowest BCUT2D eigenvalue weighted by atomic mass is 10.2. The molecule has 0 atom stereocenters. The molecular formula is C16H16F2N4O. The monoisotopic (exact) mass is 318 g/mol. The number of rotatable bonds is 2. The van der Waals surface area contributed by atoms with Gasteiger partial charge in [-0.3, -0.25) is 4.98 Å². The fraction of sp³-hybridized carbons (Fsp3) is 0.250. The second kappa shape index (κ2) is 6.60. The third kappa shape index (κ3) is 3.39. The van der Waals surface area contributed by atoms with Gasteiger partial charge >= 0.3 is 6.03 Å². The summed E-state index contributed by atoms with van der Waals surface area (Å²) in [4.78, 5) is 19.8. The van der Waals surface area contributed by atoms with E-state index in [1.54, 1.807) is 17.3 Å². The van der Waals surface area contributed by atoms with Crippen molar-refractivity contribution in [3.8, 4) is 0 Å². The number of anilines is 2. The Balaban J connectivity index is 1.60. The average molecular weight is 318 g/mol. The lowest BCUT2D eigenvalue weighted by molar-refractivity contribution is 0.208. The molecule has 1 aliphatic heterocycles. The summed E-state index contributed by atoms with van der Waals surface area (Å²) in [5.74, 6) is -1.57. The van der Waals surface area contributed by atoms with E-state index in [1.165, 1.54) is 6.07 Å². The van der Waals surface area contributed by atoms with Crippen molar-refractivity contribution < 1.29 is 13.6 Å². The van der Waals surface area contributed by atoms with Gasteiger partial charge in [0.1, 0.15) is 17.3 Å². The molecule has 1 aliphatic rings. The number of pyridine rings is 1. The third-order valence-electron chi connectivity index (χ3n) is 3.79. The van der Waals surface area contributed by atoms with E-state index in [0.29, 0.717) is 26.2 Å². The molecule has 3 rings (SSSR count). The maximum absolute atomic E-state index is 13.6. The maximum Gasteiger partial charge on any atom is 0.322 e. The van der Waals surface area contributed by atoms with Crippen LogP contribution < -0.4 is 10.2 Å². The van der Waals surface area contributed by atoms with Crippen LogP contribution in [0.15, 0.2) is 42.7 Å². The number of para-hydroxylation sites is 1. The topological polar surface area (TPSA) is 48.5 Å². The van der Waals surface area contributed by atoms with E-state index >= 15 is 0 Å². The smallest absolute Gasteiger partial charge is 0.322 e. The van der Waals surface area contributed by atoms with Crippen LogP contribution in [0, 0.1) is 11.6 Å². The molecule has 1 N–H and O–H groups in total. The van der Waals surface area contributed by atoms with Gasteiger partial charge in [-0.05, 0) is 24.3 Å². The molecule has 23 heavy (non-hydrogen) atoms. The number of piperazine rings is 1. The third-order valence-corrected chi connectivity index (χ3v) is 3.79.